The quantitative estimate of drug-likeness (QED) is 0.0486. The molecular formula is C64H126O5. The topological polar surface area (TPSA) is 72.8 Å². The number of ether oxygens (including phenoxy) is 2. The maximum Gasteiger partial charge on any atom is 0.306 e. The normalized spacial score (nSPS) is 12.0. The molecule has 0 saturated carbocycles. The van der Waals surface area contributed by atoms with Crippen LogP contribution in [-0.4, -0.2) is 36.4 Å². The second-order valence-corrected chi connectivity index (χ2v) is 22.2. The predicted octanol–water partition coefficient (Wildman–Crippen LogP) is 21.7. The van der Waals surface area contributed by atoms with Gasteiger partial charge >= 0.3 is 11.9 Å². The lowest BCUT2D eigenvalue weighted by molar-refractivity contribution is -0.161. The van der Waals surface area contributed by atoms with Gasteiger partial charge in [0.25, 0.3) is 0 Å². The summed E-state index contributed by atoms with van der Waals surface area (Å²) in [7, 11) is 0. The molecule has 0 spiro atoms. The molecule has 0 bridgehead atoms. The van der Waals surface area contributed by atoms with Crippen LogP contribution in [0.15, 0.2) is 0 Å². The highest BCUT2D eigenvalue weighted by Crippen LogP contribution is 2.19. The summed E-state index contributed by atoms with van der Waals surface area (Å²) in [5, 5.41) is 9.68. The van der Waals surface area contributed by atoms with Crippen molar-refractivity contribution in [3.05, 3.63) is 0 Å². The van der Waals surface area contributed by atoms with E-state index in [0.717, 1.165) is 32.1 Å². The number of esters is 2. The Morgan fingerprint density at radius 2 is 0.449 bits per heavy atom. The fourth-order valence-electron chi connectivity index (χ4n) is 10.3. The first-order chi connectivity index (χ1) is 34.1. The van der Waals surface area contributed by atoms with Crippen molar-refractivity contribution in [3.63, 3.8) is 0 Å². The second kappa shape index (κ2) is 61.2. The second-order valence-electron chi connectivity index (χ2n) is 22.2. The highest BCUT2D eigenvalue weighted by atomic mass is 16.6. The molecule has 5 nitrogen and oxygen atoms in total. The third kappa shape index (κ3) is 59.4. The fourth-order valence-corrected chi connectivity index (χ4v) is 10.3. The molecule has 0 fully saturated rings. The Bertz CT molecular complexity index is 968. The van der Waals surface area contributed by atoms with Crippen LogP contribution in [0.4, 0.5) is 0 Å². The van der Waals surface area contributed by atoms with Crippen LogP contribution in [0.2, 0.25) is 0 Å². The van der Waals surface area contributed by atoms with Gasteiger partial charge in [0.1, 0.15) is 6.61 Å². The number of carbonyl (C=O) groups is 2. The van der Waals surface area contributed by atoms with Crippen molar-refractivity contribution >= 4 is 11.9 Å². The van der Waals surface area contributed by atoms with Gasteiger partial charge in [-0.15, -0.1) is 0 Å². The Morgan fingerprint density at radius 1 is 0.275 bits per heavy atom. The van der Waals surface area contributed by atoms with E-state index in [1.807, 2.05) is 0 Å². The van der Waals surface area contributed by atoms with Gasteiger partial charge in [0.2, 0.25) is 0 Å². The van der Waals surface area contributed by atoms with Crippen molar-refractivity contribution < 1.29 is 24.2 Å². The van der Waals surface area contributed by atoms with Crippen LogP contribution in [0.3, 0.4) is 0 Å². The maximum absolute atomic E-state index is 12.3. The average molecular weight is 976 g/mol. The smallest absolute Gasteiger partial charge is 0.306 e. The summed E-state index contributed by atoms with van der Waals surface area (Å²) in [6, 6.07) is 0. The van der Waals surface area contributed by atoms with E-state index in [1.54, 1.807) is 0 Å². The third-order valence-corrected chi connectivity index (χ3v) is 15.2. The van der Waals surface area contributed by atoms with Crippen molar-refractivity contribution in [2.45, 2.75) is 386 Å². The van der Waals surface area contributed by atoms with Crippen LogP contribution in [-0.2, 0) is 19.1 Å². The number of aliphatic hydroxyl groups is 1. The number of hydrogen-bond donors (Lipinski definition) is 1. The molecule has 0 aliphatic heterocycles. The minimum Gasteiger partial charge on any atom is -0.462 e. The Hall–Kier alpha value is -1.10. The summed E-state index contributed by atoms with van der Waals surface area (Å²) in [5.41, 5.74) is 0. The molecule has 1 unspecified atom stereocenters. The summed E-state index contributed by atoms with van der Waals surface area (Å²) in [6.07, 6.45) is 75.5. The predicted molar refractivity (Wildman–Crippen MR) is 302 cm³/mol. The lowest BCUT2D eigenvalue weighted by Gasteiger charge is -2.15. The summed E-state index contributed by atoms with van der Waals surface area (Å²) < 4.78 is 10.8. The first-order valence-corrected chi connectivity index (χ1v) is 32.1. The van der Waals surface area contributed by atoms with Gasteiger partial charge in [0.05, 0.1) is 6.61 Å². The molecule has 412 valence electrons. The van der Waals surface area contributed by atoms with Crippen molar-refractivity contribution in [1.29, 1.82) is 0 Å². The fraction of sp³-hybridized carbons (Fsp3) is 0.969. The van der Waals surface area contributed by atoms with Crippen molar-refractivity contribution in [2.24, 2.45) is 0 Å². The zero-order chi connectivity index (χ0) is 49.9. The van der Waals surface area contributed by atoms with Gasteiger partial charge in [-0.1, -0.05) is 354 Å². The molecule has 1 atom stereocenters. The summed E-state index contributed by atoms with van der Waals surface area (Å²) in [5.74, 6) is -0.560. The van der Waals surface area contributed by atoms with E-state index < -0.39 is 6.10 Å². The zero-order valence-electron chi connectivity index (χ0n) is 47.4. The molecule has 0 radical (unpaired) electrons. The van der Waals surface area contributed by atoms with E-state index in [4.69, 9.17) is 9.47 Å². The Kier molecular flexibility index (Phi) is 60.2. The van der Waals surface area contributed by atoms with E-state index in [9.17, 15) is 14.7 Å². The molecule has 0 aromatic carbocycles. The van der Waals surface area contributed by atoms with Gasteiger partial charge in [-0.3, -0.25) is 9.59 Å². The Morgan fingerprint density at radius 3 is 0.638 bits per heavy atom. The van der Waals surface area contributed by atoms with Crippen LogP contribution in [0, 0.1) is 0 Å². The molecule has 69 heavy (non-hydrogen) atoms. The van der Waals surface area contributed by atoms with Gasteiger partial charge < -0.3 is 14.6 Å². The molecule has 0 aromatic heterocycles. The molecule has 0 aliphatic carbocycles. The van der Waals surface area contributed by atoms with Crippen LogP contribution < -0.4 is 0 Å². The molecule has 0 heterocycles. The maximum atomic E-state index is 12.3. The van der Waals surface area contributed by atoms with E-state index in [-0.39, 0.29) is 25.2 Å². The first-order valence-electron chi connectivity index (χ1n) is 32.1. The van der Waals surface area contributed by atoms with Gasteiger partial charge in [-0.25, -0.2) is 0 Å². The molecule has 5 heteroatoms. The lowest BCUT2D eigenvalue weighted by Crippen LogP contribution is -2.28. The number of carbonyl (C=O) groups excluding carboxylic acids is 2. The molecular weight excluding hydrogens is 849 g/mol. The highest BCUT2D eigenvalue weighted by molar-refractivity contribution is 5.70. The third-order valence-electron chi connectivity index (χ3n) is 15.2. The van der Waals surface area contributed by atoms with Crippen LogP contribution in [0.5, 0.6) is 0 Å². The van der Waals surface area contributed by atoms with Crippen molar-refractivity contribution in [2.75, 3.05) is 13.2 Å². The summed E-state index contributed by atoms with van der Waals surface area (Å²) >= 11 is 0. The van der Waals surface area contributed by atoms with E-state index >= 15 is 0 Å². The molecule has 0 aliphatic rings. The largest absolute Gasteiger partial charge is 0.462 e. The highest BCUT2D eigenvalue weighted by Gasteiger charge is 2.16. The molecule has 0 aromatic rings. The van der Waals surface area contributed by atoms with Gasteiger partial charge in [-0.05, 0) is 12.8 Å². The van der Waals surface area contributed by atoms with E-state index in [1.165, 1.54) is 321 Å². The number of aliphatic hydroxyl groups excluding tert-OH is 1. The average Bonchev–Trinajstić information content (AvgIpc) is 3.35. The minimum absolute atomic E-state index is 0.0554. The van der Waals surface area contributed by atoms with Crippen LogP contribution in [0.25, 0.3) is 0 Å². The van der Waals surface area contributed by atoms with Gasteiger partial charge in [0.15, 0.2) is 6.10 Å². The molecule has 0 rings (SSSR count). The zero-order valence-corrected chi connectivity index (χ0v) is 47.4. The number of rotatable bonds is 61. The summed E-state index contributed by atoms with van der Waals surface area (Å²) in [4.78, 5) is 24.6. The Labute approximate surface area is 433 Å². The first kappa shape index (κ1) is 67.9. The minimum atomic E-state index is -0.765. The standard InChI is InChI=1S/C64H126O5/c1-3-5-7-9-11-13-15-17-19-21-23-25-27-29-31-33-35-37-39-41-43-45-47-49-51-53-55-57-59-64(67)69-62(60-65)61-68-63(66)58-56-54-52-50-48-46-44-42-40-38-36-34-32-30-28-26-24-22-20-18-16-14-12-10-8-6-4-2/h62,65H,3-61H2,1-2H3. The van der Waals surface area contributed by atoms with E-state index in [2.05, 4.69) is 13.8 Å². The van der Waals surface area contributed by atoms with E-state index in [0.29, 0.717) is 12.8 Å². The molecule has 0 saturated heterocycles. The molecule has 1 N–H and O–H groups in total. The lowest BCUT2D eigenvalue weighted by atomic mass is 10.0. The van der Waals surface area contributed by atoms with Crippen molar-refractivity contribution in [1.82, 2.24) is 0 Å². The number of unbranched alkanes of at least 4 members (excludes halogenated alkanes) is 53. The van der Waals surface area contributed by atoms with Crippen LogP contribution >= 0.6 is 0 Å². The Balaban J connectivity index is 3.37. The van der Waals surface area contributed by atoms with Gasteiger partial charge in [0, 0.05) is 12.8 Å². The van der Waals surface area contributed by atoms with Gasteiger partial charge in [-0.2, -0.15) is 0 Å². The monoisotopic (exact) mass is 975 g/mol. The summed E-state index contributed by atoms with van der Waals surface area (Å²) in [6.45, 7) is 4.22. The van der Waals surface area contributed by atoms with Crippen LogP contribution in [0.1, 0.15) is 380 Å². The molecule has 0 amide bonds. The SMILES string of the molecule is CCCCCCCCCCCCCCCCCCCCCCCCCCCCCCC(=O)OC(CO)COC(=O)CCCCCCCCCCCCCCCCCCCCCCCCCCCCC. The number of hydrogen-bond acceptors (Lipinski definition) is 5. The van der Waals surface area contributed by atoms with Crippen molar-refractivity contribution in [3.8, 4) is 0 Å².